The van der Waals surface area contributed by atoms with Crippen molar-refractivity contribution in [2.45, 2.75) is 50.7 Å². The fourth-order valence-electron chi connectivity index (χ4n) is 2.45. The highest BCUT2D eigenvalue weighted by Gasteiger charge is 2.31. The monoisotopic (exact) mass is 296 g/mol. The lowest BCUT2D eigenvalue weighted by atomic mass is 9.84. The van der Waals surface area contributed by atoms with E-state index in [1.165, 1.54) is 0 Å². The van der Waals surface area contributed by atoms with Gasteiger partial charge in [0.1, 0.15) is 12.6 Å². The van der Waals surface area contributed by atoms with Crippen LogP contribution in [0.1, 0.15) is 38.5 Å². The molecule has 1 rings (SSSR count). The molecule has 0 aromatic heterocycles. The molecule has 20 heavy (non-hydrogen) atoms. The number of hydrogen-bond donors (Lipinski definition) is 3. The van der Waals surface area contributed by atoms with Crippen molar-refractivity contribution in [3.8, 4) is 0 Å². The van der Waals surface area contributed by atoms with Gasteiger partial charge in [-0.25, -0.2) is 4.79 Å². The number of halogens is 3. The van der Waals surface area contributed by atoms with E-state index in [4.69, 9.17) is 5.11 Å². The molecule has 0 saturated heterocycles. The van der Waals surface area contributed by atoms with Gasteiger partial charge < -0.3 is 15.7 Å². The van der Waals surface area contributed by atoms with Gasteiger partial charge in [0.2, 0.25) is 5.91 Å². The average Bonchev–Trinajstić information content (AvgIpc) is 2.35. The molecular formula is C12H19F3N2O3. The Morgan fingerprint density at radius 1 is 1.20 bits per heavy atom. The Labute approximate surface area is 114 Å². The van der Waals surface area contributed by atoms with Crippen LogP contribution in [0.3, 0.4) is 0 Å². The van der Waals surface area contributed by atoms with Crippen molar-refractivity contribution in [2.24, 2.45) is 5.92 Å². The van der Waals surface area contributed by atoms with Gasteiger partial charge >= 0.3 is 12.3 Å². The molecule has 1 aliphatic rings. The van der Waals surface area contributed by atoms with Gasteiger partial charge in [0.25, 0.3) is 0 Å². The van der Waals surface area contributed by atoms with E-state index in [1.54, 1.807) is 5.32 Å². The number of amides is 2. The summed E-state index contributed by atoms with van der Waals surface area (Å²) in [6.07, 6.45) is -0.788. The average molecular weight is 296 g/mol. The van der Waals surface area contributed by atoms with Crippen LogP contribution >= 0.6 is 0 Å². The molecule has 0 radical (unpaired) electrons. The fourth-order valence-corrected chi connectivity index (χ4v) is 2.45. The summed E-state index contributed by atoms with van der Waals surface area (Å²) in [5, 5.41) is 12.4. The smallest absolute Gasteiger partial charge is 0.405 e. The summed E-state index contributed by atoms with van der Waals surface area (Å²) < 4.78 is 36.1. The van der Waals surface area contributed by atoms with Crippen molar-refractivity contribution in [2.75, 3.05) is 6.54 Å². The van der Waals surface area contributed by atoms with E-state index in [2.05, 4.69) is 0 Å². The highest BCUT2D eigenvalue weighted by atomic mass is 19.4. The zero-order valence-electron chi connectivity index (χ0n) is 11.0. The molecule has 8 heteroatoms. The Hall–Kier alpha value is -1.47. The van der Waals surface area contributed by atoms with Gasteiger partial charge in [0, 0.05) is 0 Å². The lowest BCUT2D eigenvalue weighted by Gasteiger charge is -2.26. The van der Waals surface area contributed by atoms with Crippen molar-refractivity contribution < 1.29 is 27.9 Å². The Morgan fingerprint density at radius 2 is 1.80 bits per heavy atom. The van der Waals surface area contributed by atoms with E-state index in [1.807, 2.05) is 5.32 Å². The summed E-state index contributed by atoms with van der Waals surface area (Å²) in [5.74, 6) is -0.743. The van der Waals surface area contributed by atoms with E-state index in [9.17, 15) is 22.8 Å². The van der Waals surface area contributed by atoms with Gasteiger partial charge in [0.15, 0.2) is 0 Å². The van der Waals surface area contributed by atoms with E-state index >= 15 is 0 Å². The number of nitrogens with one attached hydrogen (secondary N) is 2. The minimum atomic E-state index is -4.51. The molecule has 2 amide bonds. The van der Waals surface area contributed by atoms with E-state index in [0.29, 0.717) is 0 Å². The van der Waals surface area contributed by atoms with Gasteiger partial charge in [-0.3, -0.25) is 4.79 Å². The molecule has 3 N–H and O–H groups in total. The maximum Gasteiger partial charge on any atom is 0.405 e. The van der Waals surface area contributed by atoms with Crippen molar-refractivity contribution in [3.63, 3.8) is 0 Å². The van der Waals surface area contributed by atoms with Gasteiger partial charge in [-0.1, -0.05) is 32.1 Å². The van der Waals surface area contributed by atoms with Crippen LogP contribution in [0.15, 0.2) is 0 Å². The molecule has 0 heterocycles. The van der Waals surface area contributed by atoms with Gasteiger partial charge in [0.05, 0.1) is 0 Å². The highest BCUT2D eigenvalue weighted by Crippen LogP contribution is 2.27. The number of carbonyl (C=O) groups is 2. The quantitative estimate of drug-likeness (QED) is 0.728. The molecule has 0 aliphatic heterocycles. The number of alkyl halides is 3. The van der Waals surface area contributed by atoms with Crippen LogP contribution < -0.4 is 10.6 Å². The Morgan fingerprint density at radius 3 is 2.30 bits per heavy atom. The molecule has 0 bridgehead atoms. The Kier molecular flexibility index (Phi) is 6.09. The van der Waals surface area contributed by atoms with E-state index < -0.39 is 30.8 Å². The molecule has 0 spiro atoms. The molecule has 1 aliphatic carbocycles. The minimum Gasteiger partial charge on any atom is -0.465 e. The molecule has 0 unspecified atom stereocenters. The van der Waals surface area contributed by atoms with Crippen molar-refractivity contribution in [1.29, 1.82) is 0 Å². The second kappa shape index (κ2) is 7.35. The standard InChI is InChI=1S/C12H19F3N2O3/c13-12(14,15)7-16-10(18)9(17-11(19)20)6-8-4-2-1-3-5-8/h8-9,17H,1-7H2,(H,16,18)(H,19,20)/t9-/m0/s1. The second-order valence-corrected chi connectivity index (χ2v) is 5.07. The number of carbonyl (C=O) groups excluding carboxylic acids is 1. The molecule has 0 aromatic carbocycles. The fraction of sp³-hybridized carbons (Fsp3) is 0.833. The first-order chi connectivity index (χ1) is 9.28. The third-order valence-corrected chi connectivity index (χ3v) is 3.37. The van der Waals surface area contributed by atoms with Crippen LogP contribution in [-0.2, 0) is 4.79 Å². The van der Waals surface area contributed by atoms with E-state index in [-0.39, 0.29) is 12.3 Å². The lowest BCUT2D eigenvalue weighted by Crippen LogP contribution is -2.49. The molecule has 1 fully saturated rings. The SMILES string of the molecule is O=C(O)N[C@@H](CC1CCCCC1)C(=O)NCC(F)(F)F. The third-order valence-electron chi connectivity index (χ3n) is 3.37. The Bertz CT molecular complexity index is 341. The summed E-state index contributed by atoms with van der Waals surface area (Å²) in [7, 11) is 0. The van der Waals surface area contributed by atoms with Crippen LogP contribution in [0.4, 0.5) is 18.0 Å². The van der Waals surface area contributed by atoms with Crippen LogP contribution in [0.25, 0.3) is 0 Å². The summed E-state index contributed by atoms with van der Waals surface area (Å²) in [4.78, 5) is 22.3. The van der Waals surface area contributed by atoms with Gasteiger partial charge in [-0.2, -0.15) is 13.2 Å². The maximum absolute atomic E-state index is 12.0. The third kappa shape index (κ3) is 6.63. The maximum atomic E-state index is 12.0. The predicted octanol–water partition coefficient (Wildman–Crippen LogP) is 2.27. The van der Waals surface area contributed by atoms with Crippen LogP contribution in [0.2, 0.25) is 0 Å². The minimum absolute atomic E-state index is 0.178. The van der Waals surface area contributed by atoms with Gasteiger partial charge in [-0.05, 0) is 12.3 Å². The van der Waals surface area contributed by atoms with Gasteiger partial charge in [-0.15, -0.1) is 0 Å². The zero-order valence-corrected chi connectivity index (χ0v) is 11.0. The molecule has 0 aromatic rings. The Balaban J connectivity index is 2.53. The number of carboxylic acid groups (broad SMARTS) is 1. The predicted molar refractivity (Wildman–Crippen MR) is 65.2 cm³/mol. The van der Waals surface area contributed by atoms with Crippen molar-refractivity contribution in [1.82, 2.24) is 10.6 Å². The largest absolute Gasteiger partial charge is 0.465 e. The normalized spacial score (nSPS) is 18.4. The van der Waals surface area contributed by atoms with Crippen LogP contribution in [0.5, 0.6) is 0 Å². The topological polar surface area (TPSA) is 78.4 Å². The lowest BCUT2D eigenvalue weighted by molar-refractivity contribution is -0.139. The molecule has 5 nitrogen and oxygen atoms in total. The van der Waals surface area contributed by atoms with E-state index in [0.717, 1.165) is 32.1 Å². The summed E-state index contributed by atoms with van der Waals surface area (Å²) in [5.41, 5.74) is 0. The molecule has 1 saturated carbocycles. The highest BCUT2D eigenvalue weighted by molar-refractivity contribution is 5.85. The summed E-state index contributed by atoms with van der Waals surface area (Å²) in [6, 6.07) is -1.13. The second-order valence-electron chi connectivity index (χ2n) is 5.07. The molecular weight excluding hydrogens is 277 g/mol. The summed E-state index contributed by atoms with van der Waals surface area (Å²) >= 11 is 0. The summed E-state index contributed by atoms with van der Waals surface area (Å²) in [6.45, 7) is -1.45. The first-order valence-electron chi connectivity index (χ1n) is 6.62. The zero-order chi connectivity index (χ0) is 15.2. The van der Waals surface area contributed by atoms with Crippen molar-refractivity contribution >= 4 is 12.0 Å². The van der Waals surface area contributed by atoms with Crippen LogP contribution in [0, 0.1) is 5.92 Å². The molecule has 116 valence electrons. The molecule has 1 atom stereocenters. The first-order valence-corrected chi connectivity index (χ1v) is 6.62. The van der Waals surface area contributed by atoms with Crippen molar-refractivity contribution in [3.05, 3.63) is 0 Å². The van der Waals surface area contributed by atoms with Crippen LogP contribution in [-0.4, -0.2) is 35.9 Å². The first kappa shape index (κ1) is 16.6. The number of rotatable bonds is 5. The number of hydrogen-bond acceptors (Lipinski definition) is 2.